The van der Waals surface area contributed by atoms with Crippen LogP contribution in [0, 0.1) is 12.8 Å². The fourth-order valence-electron chi connectivity index (χ4n) is 4.79. The molecule has 4 heterocycles. The second kappa shape index (κ2) is 9.51. The molecule has 1 aromatic carbocycles. The van der Waals surface area contributed by atoms with Crippen LogP contribution in [0.2, 0.25) is 0 Å². The fourth-order valence-corrected chi connectivity index (χ4v) is 5.68. The van der Waals surface area contributed by atoms with E-state index in [9.17, 15) is 4.79 Å². The average Bonchev–Trinajstić information content (AvgIpc) is 3.57. The predicted molar refractivity (Wildman–Crippen MR) is 132 cm³/mol. The summed E-state index contributed by atoms with van der Waals surface area (Å²) in [4.78, 5) is 24.2. The van der Waals surface area contributed by atoms with E-state index >= 15 is 0 Å². The molecular weight excluding hydrogens is 432 g/mol. The second-order valence-corrected chi connectivity index (χ2v) is 10.1. The molecule has 0 amide bonds. The Morgan fingerprint density at radius 1 is 1.33 bits per heavy atom. The first kappa shape index (κ1) is 21.9. The number of rotatable bonds is 9. The van der Waals surface area contributed by atoms with Crippen LogP contribution in [0.3, 0.4) is 0 Å². The summed E-state index contributed by atoms with van der Waals surface area (Å²) < 4.78 is 5.34. The van der Waals surface area contributed by atoms with Crippen molar-refractivity contribution >= 4 is 33.2 Å². The van der Waals surface area contributed by atoms with Gasteiger partial charge in [-0.1, -0.05) is 54.5 Å². The van der Waals surface area contributed by atoms with Gasteiger partial charge in [0, 0.05) is 42.0 Å². The van der Waals surface area contributed by atoms with Gasteiger partial charge in [-0.05, 0) is 37.3 Å². The van der Waals surface area contributed by atoms with Crippen molar-refractivity contribution in [1.82, 2.24) is 15.1 Å². The summed E-state index contributed by atoms with van der Waals surface area (Å²) in [5.74, 6) is 1.41. The van der Waals surface area contributed by atoms with Gasteiger partial charge in [0.05, 0.1) is 23.3 Å². The Bertz CT molecular complexity index is 1250. The largest absolute Gasteiger partial charge is 0.361 e. The van der Waals surface area contributed by atoms with Gasteiger partial charge in [-0.3, -0.25) is 4.79 Å². The Morgan fingerprint density at radius 3 is 3.09 bits per heavy atom. The predicted octanol–water partition coefficient (Wildman–Crippen LogP) is 6.11. The molecule has 33 heavy (non-hydrogen) atoms. The Labute approximate surface area is 198 Å². The first-order chi connectivity index (χ1) is 16.1. The molecule has 7 heteroatoms. The number of aromatic amines is 1. The van der Waals surface area contributed by atoms with Gasteiger partial charge in [-0.2, -0.15) is 0 Å². The number of para-hydroxylation sites is 1. The number of carbonyl (C=O) groups excluding carboxylic acids is 1. The zero-order valence-corrected chi connectivity index (χ0v) is 20.1. The highest BCUT2D eigenvalue weighted by molar-refractivity contribution is 7.17. The topological polar surface area (TPSA) is 75.0 Å². The summed E-state index contributed by atoms with van der Waals surface area (Å²) in [5, 5.41) is 6.32. The summed E-state index contributed by atoms with van der Waals surface area (Å²) in [7, 11) is 0. The molecule has 6 nitrogen and oxygen atoms in total. The molecule has 0 saturated heterocycles. The molecule has 172 valence electrons. The van der Waals surface area contributed by atoms with Gasteiger partial charge in [0.15, 0.2) is 10.9 Å². The summed E-state index contributed by atoms with van der Waals surface area (Å²) >= 11 is 1.52. The van der Waals surface area contributed by atoms with Crippen molar-refractivity contribution in [3.63, 3.8) is 0 Å². The van der Waals surface area contributed by atoms with Crippen LogP contribution in [0.5, 0.6) is 0 Å². The number of aryl methyl sites for hydroxylation is 1. The first-order valence-electron chi connectivity index (χ1n) is 11.8. The third-order valence-corrected chi connectivity index (χ3v) is 7.80. The van der Waals surface area contributed by atoms with Crippen molar-refractivity contribution < 1.29 is 9.32 Å². The highest BCUT2D eigenvalue weighted by atomic mass is 32.1. The summed E-state index contributed by atoms with van der Waals surface area (Å²) in [6, 6.07) is 8.40. The van der Waals surface area contributed by atoms with Gasteiger partial charge < -0.3 is 14.4 Å². The number of H-pyrrole nitrogens is 1. The molecule has 3 aromatic heterocycles. The molecule has 0 spiro atoms. The van der Waals surface area contributed by atoms with Gasteiger partial charge in [0.25, 0.3) is 0 Å². The summed E-state index contributed by atoms with van der Waals surface area (Å²) in [6.07, 6.45) is 9.55. The summed E-state index contributed by atoms with van der Waals surface area (Å²) in [5.41, 5.74) is 4.67. The van der Waals surface area contributed by atoms with Gasteiger partial charge in [-0.25, -0.2) is 4.98 Å². The van der Waals surface area contributed by atoms with E-state index in [0.717, 1.165) is 77.7 Å². The zero-order chi connectivity index (χ0) is 22.8. The third-order valence-electron chi connectivity index (χ3n) is 6.70. The van der Waals surface area contributed by atoms with Crippen molar-refractivity contribution in [2.45, 2.75) is 58.9 Å². The number of benzene rings is 1. The number of nitrogens with one attached hydrogen (secondary N) is 1. The minimum absolute atomic E-state index is 0.207. The van der Waals surface area contributed by atoms with E-state index in [-0.39, 0.29) is 5.78 Å². The zero-order valence-electron chi connectivity index (χ0n) is 19.3. The number of carbonyl (C=O) groups is 1. The Kier molecular flexibility index (Phi) is 6.31. The fraction of sp³-hybridized carbons (Fsp3) is 0.423. The van der Waals surface area contributed by atoms with Crippen molar-refractivity contribution in [2.75, 3.05) is 11.4 Å². The van der Waals surface area contributed by atoms with Crippen LogP contribution in [0.25, 0.3) is 10.9 Å². The molecule has 0 fully saturated rings. The number of anilines is 1. The number of ketones is 1. The van der Waals surface area contributed by atoms with Gasteiger partial charge in [0.2, 0.25) is 0 Å². The smallest absolute Gasteiger partial charge is 0.186 e. The molecule has 0 bridgehead atoms. The van der Waals surface area contributed by atoms with Crippen molar-refractivity contribution in [3.05, 3.63) is 64.1 Å². The highest BCUT2D eigenvalue weighted by Gasteiger charge is 2.25. The number of aromatic nitrogens is 3. The van der Waals surface area contributed by atoms with E-state index in [4.69, 9.17) is 4.52 Å². The quantitative estimate of drug-likeness (QED) is 0.304. The standard InChI is InChI=1S/C26H30N4O2S/c1-3-4-7-18(12-19-14-27-22-9-6-5-8-20(19)22)13-24(31)25-15-28-26(33-25)30-11-10-23-21(16-30)17(2)32-29-23/h5-6,8-9,14-15,18,27H,3-4,7,10-13,16H2,1-2H3. The average molecular weight is 463 g/mol. The van der Waals surface area contributed by atoms with Crippen LogP contribution in [-0.4, -0.2) is 27.5 Å². The lowest BCUT2D eigenvalue weighted by molar-refractivity contribution is 0.0962. The van der Waals surface area contributed by atoms with E-state index in [1.165, 1.54) is 22.3 Å². The van der Waals surface area contributed by atoms with Crippen LogP contribution in [0.4, 0.5) is 5.13 Å². The van der Waals surface area contributed by atoms with Gasteiger partial charge in [-0.15, -0.1) is 0 Å². The van der Waals surface area contributed by atoms with E-state index in [2.05, 4.69) is 57.4 Å². The Morgan fingerprint density at radius 2 is 2.21 bits per heavy atom. The first-order valence-corrected chi connectivity index (χ1v) is 12.7. The van der Waals surface area contributed by atoms with Crippen LogP contribution in [-0.2, 0) is 19.4 Å². The minimum Gasteiger partial charge on any atom is -0.361 e. The molecule has 1 atom stereocenters. The number of nitrogens with zero attached hydrogens (tertiary/aromatic N) is 3. The van der Waals surface area contributed by atoms with Crippen molar-refractivity contribution in [1.29, 1.82) is 0 Å². The second-order valence-electron chi connectivity index (χ2n) is 9.04. The van der Waals surface area contributed by atoms with Crippen molar-refractivity contribution in [3.8, 4) is 0 Å². The molecule has 4 aromatic rings. The van der Waals surface area contributed by atoms with Crippen LogP contribution in [0.1, 0.15) is 64.9 Å². The van der Waals surface area contributed by atoms with E-state index in [1.807, 2.05) is 6.92 Å². The van der Waals surface area contributed by atoms with Gasteiger partial charge in [0.1, 0.15) is 5.76 Å². The molecule has 1 N–H and O–H groups in total. The van der Waals surface area contributed by atoms with Crippen molar-refractivity contribution in [2.24, 2.45) is 5.92 Å². The van der Waals surface area contributed by atoms with Gasteiger partial charge >= 0.3 is 0 Å². The number of thiazole rings is 1. The molecule has 0 saturated carbocycles. The molecule has 5 rings (SSSR count). The minimum atomic E-state index is 0.207. The third kappa shape index (κ3) is 4.60. The van der Waals surface area contributed by atoms with E-state index < -0.39 is 0 Å². The number of Topliss-reactive ketones (excluding diaryl/α,β-unsaturated/α-hetero) is 1. The van der Waals surface area contributed by atoms with E-state index in [0.29, 0.717) is 12.3 Å². The van der Waals surface area contributed by atoms with Crippen LogP contribution < -0.4 is 4.90 Å². The number of hydrogen-bond acceptors (Lipinski definition) is 6. The highest BCUT2D eigenvalue weighted by Crippen LogP contribution is 2.31. The number of hydrogen-bond donors (Lipinski definition) is 1. The normalized spacial score (nSPS) is 14.5. The maximum atomic E-state index is 13.2. The molecule has 1 aliphatic rings. The molecule has 1 unspecified atom stereocenters. The number of fused-ring (bicyclic) bond motifs is 2. The molecule has 1 aliphatic heterocycles. The molecule has 0 aliphatic carbocycles. The van der Waals surface area contributed by atoms with Crippen LogP contribution in [0.15, 0.2) is 41.2 Å². The number of unbranched alkanes of at least 4 members (excludes halogenated alkanes) is 1. The van der Waals surface area contributed by atoms with E-state index in [1.54, 1.807) is 6.20 Å². The lowest BCUT2D eigenvalue weighted by Crippen LogP contribution is -2.30. The molecule has 0 radical (unpaired) electrons. The Hall–Kier alpha value is -2.93. The lowest BCUT2D eigenvalue weighted by Gasteiger charge is -2.25. The maximum Gasteiger partial charge on any atom is 0.186 e. The maximum absolute atomic E-state index is 13.2. The Balaban J connectivity index is 1.28. The summed E-state index contributed by atoms with van der Waals surface area (Å²) in [6.45, 7) is 5.75. The molecular formula is C26H30N4O2S. The monoisotopic (exact) mass is 462 g/mol. The lowest BCUT2D eigenvalue weighted by atomic mass is 9.89. The SMILES string of the molecule is CCCCC(CC(=O)c1cnc(N2CCc3noc(C)c3C2)s1)Cc1c[nH]c2ccccc12. The van der Waals surface area contributed by atoms with Crippen LogP contribution >= 0.6 is 11.3 Å².